The second-order valence-corrected chi connectivity index (χ2v) is 4.97. The highest BCUT2D eigenvalue weighted by molar-refractivity contribution is 5.91. The number of alkyl halides is 2. The van der Waals surface area contributed by atoms with E-state index in [4.69, 9.17) is 0 Å². The zero-order chi connectivity index (χ0) is 17.0. The Kier molecular flexibility index (Phi) is 5.20. The Hall–Kier alpha value is -2.58. The van der Waals surface area contributed by atoms with Crippen LogP contribution in [0, 0.1) is 0 Å². The maximum Gasteiger partial charge on any atom is 0.319 e. The van der Waals surface area contributed by atoms with E-state index >= 15 is 0 Å². The van der Waals surface area contributed by atoms with Crippen molar-refractivity contribution in [3.63, 3.8) is 0 Å². The average molecular weight is 325 g/mol. The second-order valence-electron chi connectivity index (χ2n) is 4.97. The second kappa shape index (κ2) is 7.12. The molecule has 0 aromatic carbocycles. The summed E-state index contributed by atoms with van der Waals surface area (Å²) < 4.78 is 27.5. The maximum atomic E-state index is 12.8. The summed E-state index contributed by atoms with van der Waals surface area (Å²) in [6.07, 6.45) is 3.10. The lowest BCUT2D eigenvalue weighted by Gasteiger charge is -2.17. The molecule has 0 spiro atoms. The van der Waals surface area contributed by atoms with Crippen LogP contribution in [-0.4, -0.2) is 37.2 Å². The van der Waals surface area contributed by atoms with Gasteiger partial charge in [0.25, 0.3) is 11.5 Å². The van der Waals surface area contributed by atoms with Crippen LogP contribution in [0.2, 0.25) is 0 Å². The summed E-state index contributed by atoms with van der Waals surface area (Å²) >= 11 is 0. The molecule has 23 heavy (non-hydrogen) atoms. The molecule has 0 saturated carbocycles. The molecule has 0 atom stereocenters. The lowest BCUT2D eigenvalue weighted by atomic mass is 10.3. The van der Waals surface area contributed by atoms with Gasteiger partial charge in [-0.05, 0) is 12.5 Å². The fraction of sp³-hybridized carbons (Fsp3) is 0.429. The largest absolute Gasteiger partial charge is 0.333 e. The highest BCUT2D eigenvalue weighted by Crippen LogP contribution is 2.14. The molecule has 0 aliphatic rings. The first-order chi connectivity index (χ1) is 10.9. The van der Waals surface area contributed by atoms with Gasteiger partial charge in [-0.1, -0.05) is 6.92 Å². The van der Waals surface area contributed by atoms with Crippen molar-refractivity contribution in [1.29, 1.82) is 0 Å². The zero-order valence-corrected chi connectivity index (χ0v) is 12.8. The van der Waals surface area contributed by atoms with Gasteiger partial charge in [-0.15, -0.1) is 0 Å². The Labute approximate surface area is 131 Å². The van der Waals surface area contributed by atoms with Gasteiger partial charge < -0.3 is 4.90 Å². The van der Waals surface area contributed by atoms with Crippen molar-refractivity contribution in [1.82, 2.24) is 24.2 Å². The number of carbonyl (C=O) groups excluding carboxylic acids is 1. The van der Waals surface area contributed by atoms with Gasteiger partial charge in [-0.25, -0.2) is 9.67 Å². The third-order valence-electron chi connectivity index (χ3n) is 3.21. The van der Waals surface area contributed by atoms with E-state index in [0.717, 1.165) is 6.20 Å². The molecule has 2 aromatic heterocycles. The Morgan fingerprint density at radius 2 is 2.13 bits per heavy atom. The minimum Gasteiger partial charge on any atom is -0.333 e. The molecule has 2 rings (SSSR count). The van der Waals surface area contributed by atoms with E-state index < -0.39 is 12.5 Å². The van der Waals surface area contributed by atoms with Crippen molar-refractivity contribution in [3.05, 3.63) is 46.4 Å². The van der Waals surface area contributed by atoms with Gasteiger partial charge in [0.1, 0.15) is 11.5 Å². The molecular weight excluding hydrogens is 308 g/mol. The van der Waals surface area contributed by atoms with Crippen LogP contribution in [0.5, 0.6) is 0 Å². The predicted octanol–water partition coefficient (Wildman–Crippen LogP) is 1.52. The van der Waals surface area contributed by atoms with Crippen LogP contribution in [0.15, 0.2) is 29.3 Å². The number of hydrogen-bond donors (Lipinski definition) is 0. The number of hydrogen-bond acceptors (Lipinski definition) is 4. The molecule has 9 heteroatoms. The minimum absolute atomic E-state index is 0.0673. The van der Waals surface area contributed by atoms with E-state index in [1.165, 1.54) is 35.0 Å². The number of carbonyl (C=O) groups is 1. The molecule has 0 aliphatic carbocycles. The van der Waals surface area contributed by atoms with Crippen molar-refractivity contribution in [2.75, 3.05) is 7.05 Å². The normalized spacial score (nSPS) is 11.0. The third kappa shape index (κ3) is 3.79. The van der Waals surface area contributed by atoms with Crippen LogP contribution in [0.4, 0.5) is 8.78 Å². The molecule has 124 valence electrons. The third-order valence-corrected chi connectivity index (χ3v) is 3.21. The van der Waals surface area contributed by atoms with Gasteiger partial charge in [0.05, 0.1) is 6.54 Å². The van der Waals surface area contributed by atoms with Crippen LogP contribution in [0.25, 0.3) is 0 Å². The van der Waals surface area contributed by atoms with Gasteiger partial charge in [-0.2, -0.15) is 13.9 Å². The molecule has 0 bridgehead atoms. The number of rotatable bonds is 6. The summed E-state index contributed by atoms with van der Waals surface area (Å²) in [6, 6.07) is 2.59. The zero-order valence-electron chi connectivity index (χ0n) is 12.8. The number of amides is 1. The Balaban J connectivity index is 2.18. The summed E-state index contributed by atoms with van der Waals surface area (Å²) in [6.45, 7) is -0.524. The fourth-order valence-corrected chi connectivity index (χ4v) is 2.06. The monoisotopic (exact) mass is 325 g/mol. The van der Waals surface area contributed by atoms with Crippen LogP contribution >= 0.6 is 0 Å². The first-order valence-corrected chi connectivity index (χ1v) is 7.07. The van der Waals surface area contributed by atoms with Gasteiger partial charge in [0, 0.05) is 32.1 Å². The van der Waals surface area contributed by atoms with Crippen molar-refractivity contribution < 1.29 is 13.6 Å². The molecule has 0 unspecified atom stereocenters. The number of aryl methyl sites for hydroxylation is 1. The molecule has 2 heterocycles. The quantitative estimate of drug-likeness (QED) is 0.807. The van der Waals surface area contributed by atoms with Crippen molar-refractivity contribution in [2.24, 2.45) is 0 Å². The highest BCUT2D eigenvalue weighted by Gasteiger charge is 2.19. The highest BCUT2D eigenvalue weighted by atomic mass is 19.3. The summed E-state index contributed by atoms with van der Waals surface area (Å²) in [7, 11) is 1.46. The Morgan fingerprint density at radius 3 is 2.78 bits per heavy atom. The molecule has 0 fully saturated rings. The lowest BCUT2D eigenvalue weighted by molar-refractivity contribution is 0.0610. The molecule has 2 aromatic rings. The smallest absolute Gasteiger partial charge is 0.319 e. The molecule has 0 saturated heterocycles. The maximum absolute atomic E-state index is 12.8. The molecule has 0 N–H and O–H groups in total. The van der Waals surface area contributed by atoms with E-state index in [2.05, 4.69) is 10.1 Å². The van der Waals surface area contributed by atoms with Gasteiger partial charge in [0.2, 0.25) is 0 Å². The van der Waals surface area contributed by atoms with E-state index in [1.807, 2.05) is 6.92 Å². The molecule has 1 amide bonds. The number of nitrogens with zero attached hydrogens (tertiary/aromatic N) is 5. The first kappa shape index (κ1) is 16.8. The van der Waals surface area contributed by atoms with E-state index in [-0.39, 0.29) is 23.6 Å². The number of aromatic nitrogens is 4. The summed E-state index contributed by atoms with van der Waals surface area (Å²) in [5.41, 5.74) is -0.213. The summed E-state index contributed by atoms with van der Waals surface area (Å²) in [4.78, 5) is 29.0. The molecule has 7 nitrogen and oxygen atoms in total. The lowest BCUT2D eigenvalue weighted by Crippen LogP contribution is -2.31. The topological polar surface area (TPSA) is 73.0 Å². The van der Waals surface area contributed by atoms with Crippen molar-refractivity contribution in [3.8, 4) is 0 Å². The van der Waals surface area contributed by atoms with Crippen LogP contribution in [0.1, 0.15) is 36.2 Å². The van der Waals surface area contributed by atoms with Crippen molar-refractivity contribution in [2.45, 2.75) is 33.0 Å². The van der Waals surface area contributed by atoms with Gasteiger partial charge in [-0.3, -0.25) is 14.2 Å². The minimum atomic E-state index is -2.72. The van der Waals surface area contributed by atoms with Gasteiger partial charge >= 0.3 is 6.55 Å². The predicted molar refractivity (Wildman–Crippen MR) is 78.1 cm³/mol. The van der Waals surface area contributed by atoms with Crippen LogP contribution in [-0.2, 0) is 13.1 Å². The Morgan fingerprint density at radius 1 is 1.39 bits per heavy atom. The van der Waals surface area contributed by atoms with Crippen LogP contribution in [0.3, 0.4) is 0 Å². The van der Waals surface area contributed by atoms with Crippen molar-refractivity contribution >= 4 is 5.91 Å². The summed E-state index contributed by atoms with van der Waals surface area (Å²) in [5, 5.41) is 4.01. The molecule has 0 radical (unpaired) electrons. The molecule has 0 aliphatic heterocycles. The Bertz CT molecular complexity index is 741. The SMILES string of the molecule is CCCn1nc(C(=O)N(C)Cc2nccn2C(F)F)ccc1=O. The summed E-state index contributed by atoms with van der Waals surface area (Å²) in [5.74, 6) is -0.406. The van der Waals surface area contributed by atoms with E-state index in [1.54, 1.807) is 0 Å². The fourth-order valence-electron chi connectivity index (χ4n) is 2.06. The van der Waals surface area contributed by atoms with Crippen LogP contribution < -0.4 is 5.56 Å². The first-order valence-electron chi connectivity index (χ1n) is 7.07. The molecular formula is C14H17F2N5O2. The average Bonchev–Trinajstić information content (AvgIpc) is 2.97. The van der Waals surface area contributed by atoms with Gasteiger partial charge in [0.15, 0.2) is 0 Å². The number of halogens is 2. The van der Waals surface area contributed by atoms with E-state index in [9.17, 15) is 18.4 Å². The van der Waals surface area contributed by atoms with E-state index in [0.29, 0.717) is 17.5 Å². The standard InChI is InChI=1S/C14H17F2N5O2/c1-3-7-21-12(22)5-4-10(18-21)13(23)19(2)9-11-17-6-8-20(11)14(15)16/h4-6,8,14H,3,7,9H2,1-2H3. The number of imidazole rings is 1.